The zero-order valence-corrected chi connectivity index (χ0v) is 8.15. The molecule has 0 rings (SSSR count). The van der Waals surface area contributed by atoms with Crippen LogP contribution in [0.4, 0.5) is 0 Å². The van der Waals surface area contributed by atoms with Gasteiger partial charge in [-0.2, -0.15) is 23.5 Å². The molecule has 0 aromatic rings. The Morgan fingerprint density at radius 3 is 2.33 bits per heavy atom. The van der Waals surface area contributed by atoms with Crippen molar-refractivity contribution in [1.29, 1.82) is 0 Å². The molecule has 0 nitrogen and oxygen atoms in total. The lowest BCUT2D eigenvalue weighted by Crippen LogP contribution is -1.90. The molecule has 0 spiro atoms. The number of hydrogen-bond acceptors (Lipinski definition) is 2. The van der Waals surface area contributed by atoms with Crippen LogP contribution in [-0.2, 0) is 0 Å². The molecule has 0 bridgehead atoms. The molecule has 9 heavy (non-hydrogen) atoms. The maximum absolute atomic E-state index is 2.25. The van der Waals surface area contributed by atoms with Gasteiger partial charge in [0.2, 0.25) is 0 Å². The molecule has 0 heterocycles. The van der Waals surface area contributed by atoms with Crippen molar-refractivity contribution in [1.82, 2.24) is 0 Å². The van der Waals surface area contributed by atoms with Gasteiger partial charge in [0.05, 0.1) is 0 Å². The maximum atomic E-state index is 2.25. The summed E-state index contributed by atoms with van der Waals surface area (Å²) in [5, 5.41) is 0.812. The van der Waals surface area contributed by atoms with Gasteiger partial charge in [0.1, 0.15) is 0 Å². The van der Waals surface area contributed by atoms with Crippen molar-refractivity contribution in [3.63, 3.8) is 0 Å². The molecule has 2 heteroatoms. The molecule has 0 N–H and O–H groups in total. The van der Waals surface area contributed by atoms with Crippen LogP contribution in [0.3, 0.4) is 0 Å². The highest BCUT2D eigenvalue weighted by Crippen LogP contribution is 2.11. The molecule has 0 amide bonds. The van der Waals surface area contributed by atoms with E-state index >= 15 is 0 Å². The van der Waals surface area contributed by atoms with Crippen molar-refractivity contribution < 1.29 is 0 Å². The van der Waals surface area contributed by atoms with Crippen LogP contribution < -0.4 is 0 Å². The standard InChI is InChI=1S/C7H16S2/c1-7(2)9-6-4-5-8-3/h7H,4-6H2,1-3H3. The molecule has 0 aliphatic rings. The van der Waals surface area contributed by atoms with Gasteiger partial charge in [0.25, 0.3) is 0 Å². The molecule has 56 valence electrons. The Morgan fingerprint density at radius 2 is 1.89 bits per heavy atom. The summed E-state index contributed by atoms with van der Waals surface area (Å²) in [6.45, 7) is 4.51. The molecular weight excluding hydrogens is 148 g/mol. The minimum atomic E-state index is 0.812. The average Bonchev–Trinajstić information content (AvgIpc) is 1.80. The molecule has 0 radical (unpaired) electrons. The largest absolute Gasteiger partial charge is 0.165 e. The predicted molar refractivity (Wildman–Crippen MR) is 50.6 cm³/mol. The number of thioether (sulfide) groups is 2. The molecule has 0 atom stereocenters. The molecule has 0 aromatic carbocycles. The van der Waals surface area contributed by atoms with Crippen LogP contribution in [0.2, 0.25) is 0 Å². The summed E-state index contributed by atoms with van der Waals surface area (Å²) in [5.74, 6) is 2.65. The van der Waals surface area contributed by atoms with Crippen molar-refractivity contribution in [2.75, 3.05) is 17.8 Å². The third kappa shape index (κ3) is 8.70. The van der Waals surface area contributed by atoms with E-state index in [0.717, 1.165) is 5.25 Å². The van der Waals surface area contributed by atoms with E-state index in [9.17, 15) is 0 Å². The van der Waals surface area contributed by atoms with Crippen molar-refractivity contribution in [3.05, 3.63) is 0 Å². The van der Waals surface area contributed by atoms with E-state index in [4.69, 9.17) is 0 Å². The summed E-state index contributed by atoms with van der Waals surface area (Å²) < 4.78 is 0. The Balaban J connectivity index is 2.75. The van der Waals surface area contributed by atoms with Crippen LogP contribution in [0, 0.1) is 0 Å². The second-order valence-electron chi connectivity index (χ2n) is 2.27. The van der Waals surface area contributed by atoms with Crippen molar-refractivity contribution in [2.24, 2.45) is 0 Å². The quantitative estimate of drug-likeness (QED) is 0.573. The van der Waals surface area contributed by atoms with E-state index in [0.29, 0.717) is 0 Å². The fraction of sp³-hybridized carbons (Fsp3) is 1.00. The van der Waals surface area contributed by atoms with E-state index < -0.39 is 0 Å². The van der Waals surface area contributed by atoms with Gasteiger partial charge >= 0.3 is 0 Å². The van der Waals surface area contributed by atoms with Crippen LogP contribution in [0.1, 0.15) is 20.3 Å². The first-order chi connectivity index (χ1) is 4.27. The Bertz CT molecular complexity index is 52.9. The third-order valence-electron chi connectivity index (χ3n) is 0.944. The summed E-state index contributed by atoms with van der Waals surface area (Å²) in [6, 6.07) is 0. The summed E-state index contributed by atoms with van der Waals surface area (Å²) >= 11 is 4.00. The monoisotopic (exact) mass is 164 g/mol. The second kappa shape index (κ2) is 6.81. The van der Waals surface area contributed by atoms with Crippen molar-refractivity contribution in [3.8, 4) is 0 Å². The minimum absolute atomic E-state index is 0.812. The molecule has 0 saturated carbocycles. The Labute approximate surface area is 67.2 Å². The zero-order valence-electron chi connectivity index (χ0n) is 6.52. The lowest BCUT2D eigenvalue weighted by atomic mass is 10.6. The molecule has 0 aliphatic carbocycles. The molecule has 0 aliphatic heterocycles. The van der Waals surface area contributed by atoms with Gasteiger partial charge in [-0.05, 0) is 29.4 Å². The fourth-order valence-corrected chi connectivity index (χ4v) is 1.92. The molecule has 0 fully saturated rings. The Kier molecular flexibility index (Phi) is 7.34. The van der Waals surface area contributed by atoms with E-state index in [1.165, 1.54) is 17.9 Å². The normalized spacial score (nSPS) is 10.7. The van der Waals surface area contributed by atoms with Gasteiger partial charge < -0.3 is 0 Å². The van der Waals surface area contributed by atoms with E-state index in [1.807, 2.05) is 11.8 Å². The first kappa shape index (κ1) is 9.70. The van der Waals surface area contributed by atoms with Crippen molar-refractivity contribution in [2.45, 2.75) is 25.5 Å². The summed E-state index contributed by atoms with van der Waals surface area (Å²) in [5.41, 5.74) is 0. The Hall–Kier alpha value is 0.700. The lowest BCUT2D eigenvalue weighted by molar-refractivity contribution is 1.07. The van der Waals surface area contributed by atoms with Gasteiger partial charge in [-0.25, -0.2) is 0 Å². The highest BCUT2D eigenvalue weighted by Gasteiger charge is 1.91. The highest BCUT2D eigenvalue weighted by molar-refractivity contribution is 8.00. The SMILES string of the molecule is CSCCCSC(C)C. The predicted octanol–water partition coefficient (Wildman–Crippen LogP) is 2.88. The highest BCUT2D eigenvalue weighted by atomic mass is 32.2. The smallest absolute Gasteiger partial charge is 0.000968 e. The van der Waals surface area contributed by atoms with Crippen LogP contribution in [-0.4, -0.2) is 23.0 Å². The van der Waals surface area contributed by atoms with E-state index in [-0.39, 0.29) is 0 Å². The number of hydrogen-bond donors (Lipinski definition) is 0. The minimum Gasteiger partial charge on any atom is -0.165 e. The van der Waals surface area contributed by atoms with Gasteiger partial charge in [-0.15, -0.1) is 0 Å². The van der Waals surface area contributed by atoms with Gasteiger partial charge in [-0.3, -0.25) is 0 Å². The van der Waals surface area contributed by atoms with Gasteiger partial charge in [0, 0.05) is 0 Å². The molecule has 0 aromatic heterocycles. The summed E-state index contributed by atoms with van der Waals surface area (Å²) in [6.07, 6.45) is 3.53. The van der Waals surface area contributed by atoms with Crippen LogP contribution in [0.15, 0.2) is 0 Å². The van der Waals surface area contributed by atoms with Crippen molar-refractivity contribution >= 4 is 23.5 Å². The van der Waals surface area contributed by atoms with Crippen LogP contribution in [0.5, 0.6) is 0 Å². The Morgan fingerprint density at radius 1 is 1.22 bits per heavy atom. The van der Waals surface area contributed by atoms with E-state index in [1.54, 1.807) is 0 Å². The van der Waals surface area contributed by atoms with Gasteiger partial charge in [-0.1, -0.05) is 13.8 Å². The second-order valence-corrected chi connectivity index (χ2v) is 4.94. The summed E-state index contributed by atoms with van der Waals surface area (Å²) in [7, 11) is 0. The maximum Gasteiger partial charge on any atom is -0.000968 e. The topological polar surface area (TPSA) is 0 Å². The van der Waals surface area contributed by atoms with E-state index in [2.05, 4.69) is 31.9 Å². The van der Waals surface area contributed by atoms with Crippen LogP contribution >= 0.6 is 23.5 Å². The first-order valence-corrected chi connectivity index (χ1v) is 5.82. The van der Waals surface area contributed by atoms with Gasteiger partial charge in [0.15, 0.2) is 0 Å². The molecular formula is C7H16S2. The van der Waals surface area contributed by atoms with Crippen LogP contribution in [0.25, 0.3) is 0 Å². The number of rotatable bonds is 5. The third-order valence-corrected chi connectivity index (χ3v) is 2.83. The first-order valence-electron chi connectivity index (χ1n) is 3.38. The molecule has 0 unspecified atom stereocenters. The summed E-state index contributed by atoms with van der Waals surface area (Å²) in [4.78, 5) is 0. The zero-order chi connectivity index (χ0) is 7.11. The average molecular weight is 164 g/mol. The fourth-order valence-electron chi connectivity index (χ4n) is 0.522. The lowest BCUT2D eigenvalue weighted by Gasteiger charge is -2.02. The molecule has 0 saturated heterocycles.